The van der Waals surface area contributed by atoms with Gasteiger partial charge in [-0.05, 0) is 11.6 Å². The molecule has 0 radical (unpaired) electrons. The van der Waals surface area contributed by atoms with Crippen molar-refractivity contribution in [2.75, 3.05) is 12.4 Å². The first-order chi connectivity index (χ1) is 11.3. The molecule has 1 aromatic carbocycles. The van der Waals surface area contributed by atoms with Crippen LogP contribution in [0.2, 0.25) is 0 Å². The van der Waals surface area contributed by atoms with Crippen LogP contribution in [0.5, 0.6) is 0 Å². The molecule has 0 aliphatic rings. The maximum atomic E-state index is 12.6. The Bertz CT molecular complexity index is 740. The summed E-state index contributed by atoms with van der Waals surface area (Å²) >= 11 is 0. The van der Waals surface area contributed by atoms with Crippen molar-refractivity contribution in [2.45, 2.75) is 19.1 Å². The molecule has 0 saturated heterocycles. The van der Waals surface area contributed by atoms with Crippen LogP contribution in [0.3, 0.4) is 0 Å². The van der Waals surface area contributed by atoms with Crippen molar-refractivity contribution >= 4 is 17.5 Å². The summed E-state index contributed by atoms with van der Waals surface area (Å²) in [6, 6.07) is 4.59. The van der Waals surface area contributed by atoms with Crippen molar-refractivity contribution in [1.82, 2.24) is 15.1 Å². The lowest BCUT2D eigenvalue weighted by molar-refractivity contribution is -0.137. The molecule has 0 spiro atoms. The van der Waals surface area contributed by atoms with Crippen molar-refractivity contribution in [2.24, 2.45) is 0 Å². The Labute approximate surface area is 135 Å². The monoisotopic (exact) mass is 340 g/mol. The van der Waals surface area contributed by atoms with Crippen LogP contribution in [-0.4, -0.2) is 28.6 Å². The minimum absolute atomic E-state index is 0.00000160. The third-order valence-electron chi connectivity index (χ3n) is 3.12. The molecule has 0 aliphatic carbocycles. The molecule has 2 amide bonds. The van der Waals surface area contributed by atoms with Gasteiger partial charge in [0.15, 0.2) is 0 Å². The molecule has 128 valence electrons. The smallest absolute Gasteiger partial charge is 0.358 e. The summed E-state index contributed by atoms with van der Waals surface area (Å²) in [5.74, 6) is -0.728. The van der Waals surface area contributed by atoms with Gasteiger partial charge in [0.05, 0.1) is 23.9 Å². The number of alkyl halides is 3. The fourth-order valence-corrected chi connectivity index (χ4v) is 1.99. The summed E-state index contributed by atoms with van der Waals surface area (Å²) in [6.45, 7) is -0.00000160. The number of anilines is 1. The average molecular weight is 340 g/mol. The van der Waals surface area contributed by atoms with Gasteiger partial charge in [-0.2, -0.15) is 18.3 Å². The van der Waals surface area contributed by atoms with Crippen molar-refractivity contribution < 1.29 is 22.8 Å². The third kappa shape index (κ3) is 4.83. The van der Waals surface area contributed by atoms with E-state index < -0.39 is 17.6 Å². The molecule has 9 heteroatoms. The Morgan fingerprint density at radius 2 is 2.00 bits per heavy atom. The predicted molar refractivity (Wildman–Crippen MR) is 80.1 cm³/mol. The highest BCUT2D eigenvalue weighted by Gasteiger charge is 2.30. The molecule has 2 rings (SSSR count). The Hall–Kier alpha value is -2.84. The highest BCUT2D eigenvalue weighted by atomic mass is 19.4. The van der Waals surface area contributed by atoms with Crippen LogP contribution in [0.15, 0.2) is 36.7 Å². The summed E-state index contributed by atoms with van der Waals surface area (Å²) in [6.07, 6.45) is -1.84. The number of hydrogen-bond acceptors (Lipinski definition) is 3. The van der Waals surface area contributed by atoms with Crippen LogP contribution in [0.4, 0.5) is 18.9 Å². The van der Waals surface area contributed by atoms with Gasteiger partial charge in [-0.15, -0.1) is 0 Å². The molecule has 0 fully saturated rings. The Kier molecular flexibility index (Phi) is 5.22. The topological polar surface area (TPSA) is 76.0 Å². The molecular weight excluding hydrogens is 325 g/mol. The number of hydrogen-bond donors (Lipinski definition) is 2. The number of nitrogens with one attached hydrogen (secondary N) is 2. The average Bonchev–Trinajstić information content (AvgIpc) is 2.93. The zero-order chi connectivity index (χ0) is 17.7. The van der Waals surface area contributed by atoms with Crippen molar-refractivity contribution in [3.05, 3.63) is 47.8 Å². The second kappa shape index (κ2) is 7.16. The van der Waals surface area contributed by atoms with E-state index in [9.17, 15) is 22.8 Å². The number of halogens is 3. The number of benzene rings is 1. The first-order valence-electron chi connectivity index (χ1n) is 6.97. The van der Waals surface area contributed by atoms with Crippen LogP contribution in [-0.2, 0) is 28.7 Å². The maximum Gasteiger partial charge on any atom is 0.416 e. The van der Waals surface area contributed by atoms with E-state index >= 15 is 0 Å². The minimum Gasteiger partial charge on any atom is -0.358 e. The van der Waals surface area contributed by atoms with Gasteiger partial charge in [0.1, 0.15) is 6.54 Å². The molecule has 0 atom stereocenters. The van der Waals surface area contributed by atoms with Gasteiger partial charge in [0.25, 0.3) is 0 Å². The van der Waals surface area contributed by atoms with E-state index in [1.54, 1.807) is 0 Å². The van der Waals surface area contributed by atoms with Gasteiger partial charge >= 0.3 is 6.18 Å². The summed E-state index contributed by atoms with van der Waals surface area (Å²) in [4.78, 5) is 23.1. The molecule has 0 aliphatic heterocycles. The second-order valence-corrected chi connectivity index (χ2v) is 5.02. The lowest BCUT2D eigenvalue weighted by Crippen LogP contribution is -2.23. The molecule has 24 heavy (non-hydrogen) atoms. The van der Waals surface area contributed by atoms with Gasteiger partial charge in [-0.25, -0.2) is 0 Å². The first kappa shape index (κ1) is 17.5. The van der Waals surface area contributed by atoms with Gasteiger partial charge < -0.3 is 10.6 Å². The lowest BCUT2D eigenvalue weighted by Gasteiger charge is -2.08. The van der Waals surface area contributed by atoms with E-state index in [1.807, 2.05) is 0 Å². The number of rotatable bonds is 5. The van der Waals surface area contributed by atoms with Gasteiger partial charge in [0, 0.05) is 13.2 Å². The molecule has 1 aromatic heterocycles. The SMILES string of the molecule is CNC(=O)Cn1cc(NC(=O)Cc2cccc(C(F)(F)F)c2)cn1. The standard InChI is InChI=1S/C15H15F3N4O2/c1-19-14(24)9-22-8-12(7-20-22)21-13(23)6-10-3-2-4-11(5-10)15(16,17)18/h2-5,7-8H,6,9H2,1H3,(H,19,24)(H,21,23). The number of carbonyl (C=O) groups excluding carboxylic acids is 2. The molecule has 0 saturated carbocycles. The molecule has 0 unspecified atom stereocenters. The molecular formula is C15H15F3N4O2. The number of nitrogens with zero attached hydrogens (tertiary/aromatic N) is 2. The van der Waals surface area contributed by atoms with Crippen LogP contribution >= 0.6 is 0 Å². The van der Waals surface area contributed by atoms with Crippen molar-refractivity contribution in [3.8, 4) is 0 Å². The van der Waals surface area contributed by atoms with Gasteiger partial charge in [-0.3, -0.25) is 14.3 Å². The lowest BCUT2D eigenvalue weighted by atomic mass is 10.1. The number of aromatic nitrogens is 2. The number of amides is 2. The van der Waals surface area contributed by atoms with Crippen molar-refractivity contribution in [1.29, 1.82) is 0 Å². The van der Waals surface area contributed by atoms with E-state index in [2.05, 4.69) is 15.7 Å². The number of likely N-dealkylation sites (N-methyl/N-ethyl adjacent to an activating group) is 1. The fourth-order valence-electron chi connectivity index (χ4n) is 1.99. The zero-order valence-corrected chi connectivity index (χ0v) is 12.7. The Morgan fingerprint density at radius 3 is 2.67 bits per heavy atom. The minimum atomic E-state index is -4.45. The Morgan fingerprint density at radius 1 is 1.25 bits per heavy atom. The summed E-state index contributed by atoms with van der Waals surface area (Å²) in [7, 11) is 1.49. The van der Waals surface area contributed by atoms with E-state index in [0.717, 1.165) is 12.1 Å². The summed E-state index contributed by atoms with van der Waals surface area (Å²) in [5.41, 5.74) is -0.192. The van der Waals surface area contributed by atoms with E-state index in [1.165, 1.54) is 36.3 Å². The highest BCUT2D eigenvalue weighted by Crippen LogP contribution is 2.29. The van der Waals surface area contributed by atoms with Crippen molar-refractivity contribution in [3.63, 3.8) is 0 Å². The first-order valence-corrected chi connectivity index (χ1v) is 6.97. The van der Waals surface area contributed by atoms with Crippen LogP contribution < -0.4 is 10.6 Å². The third-order valence-corrected chi connectivity index (χ3v) is 3.12. The van der Waals surface area contributed by atoms with Crippen LogP contribution in [0.25, 0.3) is 0 Å². The molecule has 2 N–H and O–H groups in total. The largest absolute Gasteiger partial charge is 0.416 e. The van der Waals surface area contributed by atoms with Gasteiger partial charge in [-0.1, -0.05) is 18.2 Å². The van der Waals surface area contributed by atoms with E-state index in [-0.39, 0.29) is 24.4 Å². The normalized spacial score (nSPS) is 11.2. The molecule has 1 heterocycles. The van der Waals surface area contributed by atoms with Crippen LogP contribution in [0, 0.1) is 0 Å². The zero-order valence-electron chi connectivity index (χ0n) is 12.7. The van der Waals surface area contributed by atoms with E-state index in [4.69, 9.17) is 0 Å². The Balaban J connectivity index is 1.97. The highest BCUT2D eigenvalue weighted by molar-refractivity contribution is 5.92. The fraction of sp³-hybridized carbons (Fsp3) is 0.267. The summed E-state index contributed by atoms with van der Waals surface area (Å²) < 4.78 is 39.3. The van der Waals surface area contributed by atoms with E-state index in [0.29, 0.717) is 5.69 Å². The quantitative estimate of drug-likeness (QED) is 0.872. The molecule has 2 aromatic rings. The maximum absolute atomic E-state index is 12.6. The number of carbonyl (C=O) groups is 2. The second-order valence-electron chi connectivity index (χ2n) is 5.02. The van der Waals surface area contributed by atoms with Crippen LogP contribution in [0.1, 0.15) is 11.1 Å². The summed E-state index contributed by atoms with van der Waals surface area (Å²) in [5, 5.41) is 8.86. The molecule has 0 bridgehead atoms. The predicted octanol–water partition coefficient (Wildman–Crippen LogP) is 1.83. The van der Waals surface area contributed by atoms with Gasteiger partial charge in [0.2, 0.25) is 11.8 Å². The molecule has 6 nitrogen and oxygen atoms in total.